The zero-order chi connectivity index (χ0) is 13.0. The summed E-state index contributed by atoms with van der Waals surface area (Å²) in [6, 6.07) is 14.4. The molecule has 0 saturated heterocycles. The highest BCUT2D eigenvalue weighted by molar-refractivity contribution is 6.33. The monoisotopic (exact) mass is 260 g/mol. The van der Waals surface area contributed by atoms with Gasteiger partial charge in [0.25, 0.3) is 0 Å². The first-order valence-electron chi connectivity index (χ1n) is 5.54. The summed E-state index contributed by atoms with van der Waals surface area (Å²) in [4.78, 5) is 11.8. The van der Waals surface area contributed by atoms with Crippen molar-refractivity contribution in [2.24, 2.45) is 0 Å². The van der Waals surface area contributed by atoms with E-state index in [0.717, 1.165) is 5.56 Å². The van der Waals surface area contributed by atoms with Gasteiger partial charge in [-0.15, -0.1) is 0 Å². The van der Waals surface area contributed by atoms with Gasteiger partial charge in [0.1, 0.15) is 0 Å². The Morgan fingerprint density at radius 1 is 1.17 bits per heavy atom. The number of nitrogen functional groups attached to an aromatic ring is 1. The van der Waals surface area contributed by atoms with Crippen molar-refractivity contribution in [3.63, 3.8) is 0 Å². The van der Waals surface area contributed by atoms with Crippen molar-refractivity contribution in [3.05, 3.63) is 59.1 Å². The molecule has 3 N–H and O–H groups in total. The lowest BCUT2D eigenvalue weighted by atomic mass is 10.1. The molecule has 0 atom stereocenters. The van der Waals surface area contributed by atoms with Gasteiger partial charge in [-0.3, -0.25) is 4.79 Å². The second-order valence-corrected chi connectivity index (χ2v) is 4.36. The number of nitrogens with two attached hydrogens (primary N) is 1. The lowest BCUT2D eigenvalue weighted by Crippen LogP contribution is -2.14. The largest absolute Gasteiger partial charge is 0.399 e. The summed E-state index contributed by atoms with van der Waals surface area (Å²) < 4.78 is 0. The van der Waals surface area contributed by atoms with Gasteiger partial charge in [0.2, 0.25) is 5.91 Å². The molecule has 0 saturated carbocycles. The normalized spacial score (nSPS) is 10.1. The number of hydrogen-bond acceptors (Lipinski definition) is 2. The first kappa shape index (κ1) is 12.5. The van der Waals surface area contributed by atoms with Crippen molar-refractivity contribution in [2.75, 3.05) is 11.1 Å². The van der Waals surface area contributed by atoms with E-state index in [-0.39, 0.29) is 12.3 Å². The van der Waals surface area contributed by atoms with Crippen LogP contribution in [-0.4, -0.2) is 5.91 Å². The van der Waals surface area contributed by atoms with Crippen LogP contribution in [0.25, 0.3) is 0 Å². The topological polar surface area (TPSA) is 55.1 Å². The molecule has 0 bridgehead atoms. The first-order chi connectivity index (χ1) is 8.65. The highest BCUT2D eigenvalue weighted by Crippen LogP contribution is 2.20. The summed E-state index contributed by atoms with van der Waals surface area (Å²) in [6.45, 7) is 0. The summed E-state index contributed by atoms with van der Waals surface area (Å²) in [6.07, 6.45) is 0.274. The molecule has 2 rings (SSSR count). The fourth-order valence-corrected chi connectivity index (χ4v) is 1.83. The number of amides is 1. The smallest absolute Gasteiger partial charge is 0.228 e. The lowest BCUT2D eigenvalue weighted by molar-refractivity contribution is -0.115. The maximum absolute atomic E-state index is 11.8. The predicted octanol–water partition coefficient (Wildman–Crippen LogP) is 3.10. The Bertz CT molecular complexity index is 569. The molecule has 0 aromatic heterocycles. The Morgan fingerprint density at radius 3 is 2.67 bits per heavy atom. The molecule has 2 aromatic carbocycles. The highest BCUT2D eigenvalue weighted by Gasteiger charge is 2.06. The Kier molecular flexibility index (Phi) is 3.85. The molecule has 0 spiro atoms. The third-order valence-corrected chi connectivity index (χ3v) is 2.79. The van der Waals surface area contributed by atoms with Crippen LogP contribution in [0.3, 0.4) is 0 Å². The molecule has 1 amide bonds. The average molecular weight is 261 g/mol. The number of rotatable bonds is 3. The van der Waals surface area contributed by atoms with Crippen molar-refractivity contribution in [1.82, 2.24) is 0 Å². The van der Waals surface area contributed by atoms with Gasteiger partial charge in [-0.2, -0.15) is 0 Å². The van der Waals surface area contributed by atoms with E-state index in [1.807, 2.05) is 24.3 Å². The Morgan fingerprint density at radius 2 is 1.94 bits per heavy atom. The van der Waals surface area contributed by atoms with E-state index in [9.17, 15) is 4.79 Å². The van der Waals surface area contributed by atoms with Gasteiger partial charge < -0.3 is 11.1 Å². The van der Waals surface area contributed by atoms with E-state index in [0.29, 0.717) is 16.4 Å². The van der Waals surface area contributed by atoms with Crippen LogP contribution in [-0.2, 0) is 11.2 Å². The summed E-state index contributed by atoms with van der Waals surface area (Å²) in [5.74, 6) is -0.117. The van der Waals surface area contributed by atoms with E-state index < -0.39 is 0 Å². The van der Waals surface area contributed by atoms with Gasteiger partial charge >= 0.3 is 0 Å². The van der Waals surface area contributed by atoms with Crippen LogP contribution in [0.5, 0.6) is 0 Å². The van der Waals surface area contributed by atoms with E-state index in [1.165, 1.54) is 0 Å². The maximum atomic E-state index is 11.8. The highest BCUT2D eigenvalue weighted by atomic mass is 35.5. The minimum atomic E-state index is -0.117. The molecule has 2 aromatic rings. The second kappa shape index (κ2) is 5.56. The molecule has 4 heteroatoms. The van der Waals surface area contributed by atoms with Gasteiger partial charge in [0, 0.05) is 5.69 Å². The number of benzene rings is 2. The van der Waals surface area contributed by atoms with Crippen LogP contribution in [0.4, 0.5) is 11.4 Å². The molecular weight excluding hydrogens is 248 g/mol. The summed E-state index contributed by atoms with van der Waals surface area (Å²) in [5.41, 5.74) is 7.80. The van der Waals surface area contributed by atoms with E-state index in [4.69, 9.17) is 17.3 Å². The molecule has 0 heterocycles. The van der Waals surface area contributed by atoms with E-state index in [2.05, 4.69) is 5.32 Å². The molecule has 0 aliphatic rings. The first-order valence-corrected chi connectivity index (χ1v) is 5.92. The van der Waals surface area contributed by atoms with Crippen LogP contribution in [0.15, 0.2) is 48.5 Å². The molecule has 3 nitrogen and oxygen atoms in total. The van der Waals surface area contributed by atoms with Crippen molar-refractivity contribution in [2.45, 2.75) is 6.42 Å². The molecule has 18 heavy (non-hydrogen) atoms. The minimum absolute atomic E-state index is 0.117. The third kappa shape index (κ3) is 3.25. The average Bonchev–Trinajstić information content (AvgIpc) is 2.32. The number of anilines is 2. The van der Waals surface area contributed by atoms with Crippen molar-refractivity contribution in [1.29, 1.82) is 0 Å². The summed E-state index contributed by atoms with van der Waals surface area (Å²) in [7, 11) is 0. The van der Waals surface area contributed by atoms with Crippen LogP contribution < -0.4 is 11.1 Å². The fraction of sp³-hybridized carbons (Fsp3) is 0.0714. The number of hydrogen-bond donors (Lipinski definition) is 2. The Hall–Kier alpha value is -2.00. The number of para-hydroxylation sites is 1. The standard InChI is InChI=1S/C14H13ClN2O/c15-12-6-1-2-7-13(12)17-14(18)9-10-4-3-5-11(16)8-10/h1-8H,9,16H2,(H,17,18). The van der Waals surface area contributed by atoms with Gasteiger partial charge in [-0.05, 0) is 29.8 Å². The lowest BCUT2D eigenvalue weighted by Gasteiger charge is -2.07. The fourth-order valence-electron chi connectivity index (χ4n) is 1.65. The van der Waals surface area contributed by atoms with E-state index in [1.54, 1.807) is 24.3 Å². The van der Waals surface area contributed by atoms with Crippen LogP contribution in [0.1, 0.15) is 5.56 Å². The van der Waals surface area contributed by atoms with E-state index >= 15 is 0 Å². The van der Waals surface area contributed by atoms with Crippen molar-refractivity contribution in [3.8, 4) is 0 Å². The third-order valence-electron chi connectivity index (χ3n) is 2.46. The molecule has 0 fully saturated rings. The van der Waals surface area contributed by atoms with Crippen LogP contribution in [0, 0.1) is 0 Å². The molecule has 92 valence electrons. The molecule has 0 aliphatic carbocycles. The van der Waals surface area contributed by atoms with Gasteiger partial charge in [0.15, 0.2) is 0 Å². The zero-order valence-corrected chi connectivity index (χ0v) is 10.4. The quantitative estimate of drug-likeness (QED) is 0.833. The second-order valence-electron chi connectivity index (χ2n) is 3.95. The van der Waals surface area contributed by atoms with Gasteiger partial charge in [-0.1, -0.05) is 35.9 Å². The summed E-state index contributed by atoms with van der Waals surface area (Å²) >= 11 is 5.96. The number of carbonyl (C=O) groups is 1. The van der Waals surface area contributed by atoms with Crippen LogP contribution >= 0.6 is 11.6 Å². The molecule has 0 radical (unpaired) electrons. The number of halogens is 1. The van der Waals surface area contributed by atoms with Crippen molar-refractivity contribution >= 4 is 28.9 Å². The molecular formula is C14H13ClN2O. The zero-order valence-electron chi connectivity index (χ0n) is 9.69. The Labute approximate surface area is 111 Å². The predicted molar refractivity (Wildman–Crippen MR) is 74.6 cm³/mol. The molecule has 0 unspecified atom stereocenters. The number of nitrogens with one attached hydrogen (secondary N) is 1. The Balaban J connectivity index is 2.03. The number of carbonyl (C=O) groups excluding carboxylic acids is 1. The molecule has 0 aliphatic heterocycles. The SMILES string of the molecule is Nc1cccc(CC(=O)Nc2ccccc2Cl)c1. The minimum Gasteiger partial charge on any atom is -0.399 e. The van der Waals surface area contributed by atoms with Gasteiger partial charge in [0.05, 0.1) is 17.1 Å². The summed E-state index contributed by atoms with van der Waals surface area (Å²) in [5, 5.41) is 3.29. The van der Waals surface area contributed by atoms with Crippen LogP contribution in [0.2, 0.25) is 5.02 Å². The van der Waals surface area contributed by atoms with Crippen molar-refractivity contribution < 1.29 is 4.79 Å². The maximum Gasteiger partial charge on any atom is 0.228 e. The van der Waals surface area contributed by atoms with Gasteiger partial charge in [-0.25, -0.2) is 0 Å².